The van der Waals surface area contributed by atoms with Crippen molar-refractivity contribution in [2.45, 2.75) is 12.4 Å². The standard InChI is InChI=1S/C8H8O3S/c9-12(10)6-8-4-2-1-3-7(8)5-11-12/h1-4H,5-6H2. The Morgan fingerprint density at radius 1 is 1.17 bits per heavy atom. The van der Waals surface area contributed by atoms with Crippen molar-refractivity contribution in [1.29, 1.82) is 0 Å². The first-order valence-electron chi connectivity index (χ1n) is 3.61. The van der Waals surface area contributed by atoms with E-state index in [4.69, 9.17) is 0 Å². The van der Waals surface area contributed by atoms with Crippen molar-refractivity contribution in [3.8, 4) is 0 Å². The Balaban J connectivity index is 2.48. The Morgan fingerprint density at radius 2 is 1.83 bits per heavy atom. The van der Waals surface area contributed by atoms with Gasteiger partial charge in [0.1, 0.15) is 5.75 Å². The van der Waals surface area contributed by atoms with Crippen LogP contribution in [-0.2, 0) is 26.7 Å². The van der Waals surface area contributed by atoms with Crippen LogP contribution in [0.1, 0.15) is 11.1 Å². The van der Waals surface area contributed by atoms with Crippen LogP contribution < -0.4 is 0 Å². The molecule has 4 heteroatoms. The van der Waals surface area contributed by atoms with E-state index in [2.05, 4.69) is 4.18 Å². The van der Waals surface area contributed by atoms with Crippen molar-refractivity contribution in [2.24, 2.45) is 0 Å². The summed E-state index contributed by atoms with van der Waals surface area (Å²) in [7, 11) is -3.30. The van der Waals surface area contributed by atoms with Gasteiger partial charge in [0.05, 0.1) is 6.61 Å². The molecule has 1 aromatic rings. The van der Waals surface area contributed by atoms with Crippen LogP contribution in [0.5, 0.6) is 0 Å². The van der Waals surface area contributed by atoms with E-state index in [-0.39, 0.29) is 12.4 Å². The van der Waals surface area contributed by atoms with Gasteiger partial charge in [0.15, 0.2) is 0 Å². The zero-order valence-electron chi connectivity index (χ0n) is 6.36. The van der Waals surface area contributed by atoms with E-state index in [1.165, 1.54) is 0 Å². The Hall–Kier alpha value is -0.870. The van der Waals surface area contributed by atoms with Gasteiger partial charge in [0, 0.05) is 0 Å². The van der Waals surface area contributed by atoms with Gasteiger partial charge in [-0.3, -0.25) is 4.18 Å². The van der Waals surface area contributed by atoms with Gasteiger partial charge in [0.25, 0.3) is 10.1 Å². The Labute approximate surface area is 71.1 Å². The lowest BCUT2D eigenvalue weighted by Crippen LogP contribution is -2.16. The normalized spacial score (nSPS) is 20.0. The van der Waals surface area contributed by atoms with Crippen LogP contribution in [0.3, 0.4) is 0 Å². The zero-order valence-corrected chi connectivity index (χ0v) is 7.17. The van der Waals surface area contributed by atoms with Gasteiger partial charge in [-0.1, -0.05) is 24.3 Å². The lowest BCUT2D eigenvalue weighted by atomic mass is 10.1. The number of rotatable bonds is 0. The summed E-state index contributed by atoms with van der Waals surface area (Å²) < 4.78 is 26.6. The maximum absolute atomic E-state index is 11.0. The molecule has 0 bridgehead atoms. The van der Waals surface area contributed by atoms with E-state index in [1.54, 1.807) is 0 Å². The fourth-order valence-corrected chi connectivity index (χ4v) is 2.28. The highest BCUT2D eigenvalue weighted by atomic mass is 32.2. The fraction of sp³-hybridized carbons (Fsp3) is 0.250. The van der Waals surface area contributed by atoms with Gasteiger partial charge >= 0.3 is 0 Å². The van der Waals surface area contributed by atoms with Crippen LogP contribution in [0, 0.1) is 0 Å². The summed E-state index contributed by atoms with van der Waals surface area (Å²) in [6.07, 6.45) is 0. The Bertz CT molecular complexity index is 395. The van der Waals surface area contributed by atoms with Crippen molar-refractivity contribution in [3.63, 3.8) is 0 Å². The fourth-order valence-electron chi connectivity index (χ4n) is 1.22. The molecule has 0 aliphatic carbocycles. The molecule has 0 atom stereocenters. The average molecular weight is 184 g/mol. The molecule has 0 amide bonds. The summed E-state index contributed by atoms with van der Waals surface area (Å²) in [5.41, 5.74) is 1.82. The smallest absolute Gasteiger partial charge is 0.265 e. The van der Waals surface area contributed by atoms with Gasteiger partial charge < -0.3 is 0 Å². The molecule has 0 saturated carbocycles. The zero-order chi connectivity index (χ0) is 8.60. The Morgan fingerprint density at radius 3 is 2.58 bits per heavy atom. The second-order valence-electron chi connectivity index (χ2n) is 2.73. The minimum atomic E-state index is -3.30. The Kier molecular flexibility index (Phi) is 1.66. The van der Waals surface area contributed by atoms with E-state index < -0.39 is 10.1 Å². The predicted molar refractivity (Wildman–Crippen MR) is 43.9 cm³/mol. The molecular weight excluding hydrogens is 176 g/mol. The molecule has 1 aromatic carbocycles. The molecular formula is C8H8O3S. The molecule has 64 valence electrons. The average Bonchev–Trinajstić information content (AvgIpc) is 2.02. The third kappa shape index (κ3) is 1.35. The molecule has 1 heterocycles. The molecule has 2 rings (SSSR count). The van der Waals surface area contributed by atoms with E-state index in [9.17, 15) is 8.42 Å². The third-order valence-electron chi connectivity index (χ3n) is 1.84. The number of benzene rings is 1. The molecule has 0 saturated heterocycles. The van der Waals surface area contributed by atoms with Crippen LogP contribution in [0.4, 0.5) is 0 Å². The monoisotopic (exact) mass is 184 g/mol. The van der Waals surface area contributed by atoms with Gasteiger partial charge in [0.2, 0.25) is 0 Å². The minimum Gasteiger partial charge on any atom is -0.265 e. The lowest BCUT2D eigenvalue weighted by molar-refractivity contribution is 0.298. The highest BCUT2D eigenvalue weighted by molar-refractivity contribution is 7.85. The van der Waals surface area contributed by atoms with E-state index in [0.717, 1.165) is 11.1 Å². The summed E-state index contributed by atoms with van der Waals surface area (Å²) in [5, 5.41) is 0. The van der Waals surface area contributed by atoms with E-state index in [0.29, 0.717) is 0 Å². The van der Waals surface area contributed by atoms with E-state index in [1.807, 2.05) is 24.3 Å². The quantitative estimate of drug-likeness (QED) is 0.566. The largest absolute Gasteiger partial charge is 0.271 e. The number of hydrogen-bond acceptors (Lipinski definition) is 3. The van der Waals surface area contributed by atoms with Crippen molar-refractivity contribution in [3.05, 3.63) is 35.4 Å². The molecule has 0 aromatic heterocycles. The molecule has 0 radical (unpaired) electrons. The summed E-state index contributed by atoms with van der Waals surface area (Å²) in [6, 6.07) is 7.40. The van der Waals surface area contributed by atoms with Crippen molar-refractivity contribution in [2.75, 3.05) is 0 Å². The second-order valence-corrected chi connectivity index (χ2v) is 4.37. The summed E-state index contributed by atoms with van der Waals surface area (Å²) in [5.74, 6) is 0.00315. The van der Waals surface area contributed by atoms with Crippen LogP contribution in [-0.4, -0.2) is 8.42 Å². The molecule has 0 fully saturated rings. The number of fused-ring (bicyclic) bond motifs is 1. The summed E-state index contributed by atoms with van der Waals surface area (Å²) in [4.78, 5) is 0. The highest BCUT2D eigenvalue weighted by Gasteiger charge is 2.20. The highest BCUT2D eigenvalue weighted by Crippen LogP contribution is 2.20. The summed E-state index contributed by atoms with van der Waals surface area (Å²) in [6.45, 7) is 0.179. The first kappa shape index (κ1) is 7.76. The minimum absolute atomic E-state index is 0.00315. The van der Waals surface area contributed by atoms with Crippen molar-refractivity contribution >= 4 is 10.1 Å². The van der Waals surface area contributed by atoms with Crippen LogP contribution in [0.2, 0.25) is 0 Å². The summed E-state index contributed by atoms with van der Waals surface area (Å²) >= 11 is 0. The lowest BCUT2D eigenvalue weighted by Gasteiger charge is -2.15. The molecule has 3 nitrogen and oxygen atoms in total. The molecule has 12 heavy (non-hydrogen) atoms. The van der Waals surface area contributed by atoms with Crippen LogP contribution in [0.15, 0.2) is 24.3 Å². The molecule has 0 N–H and O–H groups in total. The maximum atomic E-state index is 11.0. The first-order chi connectivity index (χ1) is 5.67. The van der Waals surface area contributed by atoms with Gasteiger partial charge in [-0.2, -0.15) is 8.42 Å². The van der Waals surface area contributed by atoms with Gasteiger partial charge in [-0.05, 0) is 11.1 Å². The maximum Gasteiger partial charge on any atom is 0.271 e. The molecule has 1 aliphatic heterocycles. The topological polar surface area (TPSA) is 43.4 Å². The van der Waals surface area contributed by atoms with Crippen LogP contribution >= 0.6 is 0 Å². The molecule has 1 aliphatic rings. The van der Waals surface area contributed by atoms with Gasteiger partial charge in [-0.15, -0.1) is 0 Å². The SMILES string of the molecule is O=S1(=O)Cc2ccccc2CO1. The van der Waals surface area contributed by atoms with Crippen molar-refractivity contribution in [1.82, 2.24) is 0 Å². The predicted octanol–water partition coefficient (Wildman–Crippen LogP) is 1.05. The van der Waals surface area contributed by atoms with Crippen molar-refractivity contribution < 1.29 is 12.6 Å². The third-order valence-corrected chi connectivity index (χ3v) is 2.99. The number of hydrogen-bond donors (Lipinski definition) is 0. The molecule has 0 spiro atoms. The molecule has 0 unspecified atom stereocenters. The first-order valence-corrected chi connectivity index (χ1v) is 5.19. The second kappa shape index (κ2) is 2.57. The van der Waals surface area contributed by atoms with E-state index >= 15 is 0 Å². The van der Waals surface area contributed by atoms with Gasteiger partial charge in [-0.25, -0.2) is 0 Å². The van der Waals surface area contributed by atoms with Crippen LogP contribution in [0.25, 0.3) is 0 Å².